The molecule has 0 bridgehead atoms. The van der Waals surface area contributed by atoms with Gasteiger partial charge in [0.25, 0.3) is 0 Å². The van der Waals surface area contributed by atoms with E-state index in [1.54, 1.807) is 22.5 Å². The van der Waals surface area contributed by atoms with Crippen LogP contribution < -0.4 is 4.90 Å². The van der Waals surface area contributed by atoms with Crippen molar-refractivity contribution in [2.75, 3.05) is 31.1 Å². The Bertz CT molecular complexity index is 1200. The Morgan fingerprint density at radius 1 is 0.839 bits per heavy atom. The standard InChI is InChI=1S/C23H25FN4O2S/c1-16-12-18(3)22(13-17(16)2)31(29,30)28-10-8-27(9-11-28)23-14-21(25-15-26-23)19-4-6-20(24)7-5-19/h4-7,12-15H,8-11H2,1-3H3. The van der Waals surface area contributed by atoms with Crippen molar-refractivity contribution in [1.82, 2.24) is 14.3 Å². The lowest BCUT2D eigenvalue weighted by molar-refractivity contribution is 0.383. The summed E-state index contributed by atoms with van der Waals surface area (Å²) >= 11 is 0. The summed E-state index contributed by atoms with van der Waals surface area (Å²) in [5.74, 6) is 0.433. The summed E-state index contributed by atoms with van der Waals surface area (Å²) in [5, 5.41) is 0. The van der Waals surface area contributed by atoms with E-state index in [9.17, 15) is 12.8 Å². The average molecular weight is 441 g/mol. The second-order valence-corrected chi connectivity index (χ2v) is 9.77. The van der Waals surface area contributed by atoms with Crippen molar-refractivity contribution in [3.8, 4) is 11.3 Å². The zero-order valence-electron chi connectivity index (χ0n) is 17.8. The number of aromatic nitrogens is 2. The van der Waals surface area contributed by atoms with Gasteiger partial charge in [-0.3, -0.25) is 0 Å². The van der Waals surface area contributed by atoms with Gasteiger partial charge in [0.15, 0.2) is 0 Å². The predicted octanol–water partition coefficient (Wildman–Crippen LogP) is 3.72. The van der Waals surface area contributed by atoms with E-state index in [0.717, 1.165) is 28.1 Å². The van der Waals surface area contributed by atoms with Gasteiger partial charge in [-0.25, -0.2) is 22.8 Å². The fourth-order valence-electron chi connectivity index (χ4n) is 3.81. The molecule has 0 unspecified atom stereocenters. The maximum atomic E-state index is 13.2. The largest absolute Gasteiger partial charge is 0.354 e. The molecule has 162 valence electrons. The van der Waals surface area contributed by atoms with Crippen molar-refractivity contribution in [2.24, 2.45) is 0 Å². The van der Waals surface area contributed by atoms with Crippen LogP contribution in [0.2, 0.25) is 0 Å². The first-order valence-corrected chi connectivity index (χ1v) is 11.6. The van der Waals surface area contributed by atoms with Crippen LogP contribution in [0.4, 0.5) is 10.2 Å². The van der Waals surface area contributed by atoms with Crippen LogP contribution >= 0.6 is 0 Å². The van der Waals surface area contributed by atoms with Crippen molar-refractivity contribution >= 4 is 15.8 Å². The minimum Gasteiger partial charge on any atom is -0.354 e. The molecule has 0 amide bonds. The molecular weight excluding hydrogens is 415 g/mol. The van der Waals surface area contributed by atoms with Crippen LogP contribution in [0.25, 0.3) is 11.3 Å². The number of benzene rings is 2. The number of halogens is 1. The molecule has 1 fully saturated rings. The molecule has 0 radical (unpaired) electrons. The van der Waals surface area contributed by atoms with Crippen molar-refractivity contribution in [1.29, 1.82) is 0 Å². The van der Waals surface area contributed by atoms with Crippen molar-refractivity contribution in [2.45, 2.75) is 25.7 Å². The fraction of sp³-hybridized carbons (Fsp3) is 0.304. The third kappa shape index (κ3) is 4.31. The third-order valence-corrected chi connectivity index (χ3v) is 7.80. The summed E-state index contributed by atoms with van der Waals surface area (Å²) in [7, 11) is -3.55. The molecule has 8 heteroatoms. The molecular formula is C23H25FN4O2S. The van der Waals surface area contributed by atoms with Gasteiger partial charge in [0.05, 0.1) is 10.6 Å². The quantitative estimate of drug-likeness (QED) is 0.619. The van der Waals surface area contributed by atoms with Gasteiger partial charge in [-0.1, -0.05) is 6.07 Å². The van der Waals surface area contributed by atoms with Crippen LogP contribution in [0.3, 0.4) is 0 Å². The van der Waals surface area contributed by atoms with Crippen LogP contribution in [-0.2, 0) is 10.0 Å². The highest BCUT2D eigenvalue weighted by atomic mass is 32.2. The summed E-state index contributed by atoms with van der Waals surface area (Å²) in [6, 6.07) is 11.7. The first-order valence-electron chi connectivity index (χ1n) is 10.2. The Labute approximate surface area is 182 Å². The van der Waals surface area contributed by atoms with E-state index in [0.29, 0.717) is 36.8 Å². The monoisotopic (exact) mass is 440 g/mol. The highest BCUT2D eigenvalue weighted by Gasteiger charge is 2.30. The Morgan fingerprint density at radius 2 is 1.48 bits per heavy atom. The average Bonchev–Trinajstić information content (AvgIpc) is 2.77. The normalized spacial score (nSPS) is 15.3. The Balaban J connectivity index is 1.51. The Morgan fingerprint density at radius 3 is 2.16 bits per heavy atom. The Hall–Kier alpha value is -2.84. The number of piperazine rings is 1. The van der Waals surface area contributed by atoms with Gasteiger partial charge < -0.3 is 4.90 Å². The molecule has 0 atom stereocenters. The smallest absolute Gasteiger partial charge is 0.243 e. The molecule has 3 aromatic rings. The van der Waals surface area contributed by atoms with Gasteiger partial charge in [0.2, 0.25) is 10.0 Å². The number of aryl methyl sites for hydroxylation is 3. The third-order valence-electron chi connectivity index (χ3n) is 5.76. The Kier molecular flexibility index (Phi) is 5.77. The summed E-state index contributed by atoms with van der Waals surface area (Å²) < 4.78 is 41.2. The van der Waals surface area contributed by atoms with Gasteiger partial charge >= 0.3 is 0 Å². The molecule has 1 aliphatic rings. The van der Waals surface area contributed by atoms with Gasteiger partial charge in [0.1, 0.15) is 18.0 Å². The van der Waals surface area contributed by atoms with Crippen molar-refractivity contribution in [3.63, 3.8) is 0 Å². The molecule has 31 heavy (non-hydrogen) atoms. The van der Waals surface area contributed by atoms with Crippen LogP contribution in [0.15, 0.2) is 53.7 Å². The number of hydrogen-bond acceptors (Lipinski definition) is 5. The van der Waals surface area contributed by atoms with Crippen molar-refractivity contribution in [3.05, 3.63) is 71.3 Å². The van der Waals surface area contributed by atoms with Gasteiger partial charge in [0, 0.05) is 37.8 Å². The number of anilines is 1. The number of sulfonamides is 1. The molecule has 1 saturated heterocycles. The lowest BCUT2D eigenvalue weighted by atomic mass is 10.1. The molecule has 2 aromatic carbocycles. The lowest BCUT2D eigenvalue weighted by Gasteiger charge is -2.35. The van der Waals surface area contributed by atoms with Crippen molar-refractivity contribution < 1.29 is 12.8 Å². The molecule has 2 heterocycles. The van der Waals surface area contributed by atoms with E-state index in [1.165, 1.54) is 18.5 Å². The van der Waals surface area contributed by atoms with Gasteiger partial charge in [-0.15, -0.1) is 0 Å². The minimum absolute atomic E-state index is 0.297. The maximum Gasteiger partial charge on any atom is 0.243 e. The molecule has 0 saturated carbocycles. The fourth-order valence-corrected chi connectivity index (χ4v) is 5.52. The van der Waals surface area contributed by atoms with E-state index >= 15 is 0 Å². The summed E-state index contributed by atoms with van der Waals surface area (Å²) in [4.78, 5) is 11.1. The maximum absolute atomic E-state index is 13.2. The number of nitrogens with zero attached hydrogens (tertiary/aromatic N) is 4. The number of rotatable bonds is 4. The first kappa shape index (κ1) is 21.4. The second-order valence-electron chi connectivity index (χ2n) is 7.86. The lowest BCUT2D eigenvalue weighted by Crippen LogP contribution is -2.49. The summed E-state index contributed by atoms with van der Waals surface area (Å²) in [6.45, 7) is 7.58. The SMILES string of the molecule is Cc1cc(C)c(S(=O)(=O)N2CCN(c3cc(-c4ccc(F)cc4)ncn3)CC2)cc1C. The first-order chi connectivity index (χ1) is 14.8. The minimum atomic E-state index is -3.55. The highest BCUT2D eigenvalue weighted by Crippen LogP contribution is 2.26. The van der Waals surface area contributed by atoms with E-state index < -0.39 is 10.0 Å². The number of hydrogen-bond donors (Lipinski definition) is 0. The van der Waals surface area contributed by atoms with Gasteiger partial charge in [-0.2, -0.15) is 4.31 Å². The van der Waals surface area contributed by atoms with Crippen LogP contribution in [0, 0.1) is 26.6 Å². The molecule has 6 nitrogen and oxygen atoms in total. The zero-order chi connectivity index (χ0) is 22.2. The molecule has 0 aliphatic carbocycles. The highest BCUT2D eigenvalue weighted by molar-refractivity contribution is 7.89. The van der Waals surface area contributed by atoms with Crippen LogP contribution in [0.1, 0.15) is 16.7 Å². The van der Waals surface area contributed by atoms with E-state index in [-0.39, 0.29) is 5.82 Å². The van der Waals surface area contributed by atoms with Crippen LogP contribution in [-0.4, -0.2) is 48.9 Å². The van der Waals surface area contributed by atoms with E-state index in [4.69, 9.17) is 0 Å². The van der Waals surface area contributed by atoms with Crippen LogP contribution in [0.5, 0.6) is 0 Å². The second kappa shape index (κ2) is 8.36. The molecule has 4 rings (SSSR count). The topological polar surface area (TPSA) is 66.4 Å². The zero-order valence-corrected chi connectivity index (χ0v) is 18.7. The van der Waals surface area contributed by atoms with E-state index in [2.05, 4.69) is 9.97 Å². The molecule has 0 spiro atoms. The summed E-state index contributed by atoms with van der Waals surface area (Å²) in [6.07, 6.45) is 1.48. The van der Waals surface area contributed by atoms with Gasteiger partial charge in [-0.05, 0) is 67.8 Å². The van der Waals surface area contributed by atoms with E-state index in [1.807, 2.05) is 37.8 Å². The predicted molar refractivity (Wildman–Crippen MR) is 119 cm³/mol. The molecule has 0 N–H and O–H groups in total. The molecule has 1 aromatic heterocycles. The summed E-state index contributed by atoms with van der Waals surface area (Å²) in [5.41, 5.74) is 4.33. The molecule has 1 aliphatic heterocycles.